The van der Waals surface area contributed by atoms with Gasteiger partial charge in [-0.05, 0) is 19.8 Å². The van der Waals surface area contributed by atoms with Gasteiger partial charge in [-0.2, -0.15) is 4.98 Å². The van der Waals surface area contributed by atoms with Gasteiger partial charge in [0.15, 0.2) is 5.82 Å². The summed E-state index contributed by atoms with van der Waals surface area (Å²) in [7, 11) is 0. The van der Waals surface area contributed by atoms with Crippen molar-refractivity contribution in [1.82, 2.24) is 25.1 Å². The van der Waals surface area contributed by atoms with Gasteiger partial charge in [0, 0.05) is 6.42 Å². The van der Waals surface area contributed by atoms with E-state index in [1.54, 1.807) is 10.9 Å². The summed E-state index contributed by atoms with van der Waals surface area (Å²) in [5.74, 6) is 1.75. The Labute approximate surface area is 112 Å². The van der Waals surface area contributed by atoms with Crippen LogP contribution in [0, 0.1) is 5.92 Å². The highest BCUT2D eigenvalue weighted by Gasteiger charge is 2.19. The van der Waals surface area contributed by atoms with Crippen molar-refractivity contribution in [3.05, 3.63) is 23.6 Å². The molecule has 0 spiro atoms. The maximum absolute atomic E-state index is 5.96. The molecule has 0 fully saturated rings. The number of nitrogens with zero attached hydrogens (tertiary/aromatic N) is 5. The first-order valence-corrected chi connectivity index (χ1v) is 6.35. The van der Waals surface area contributed by atoms with Crippen LogP contribution in [-0.4, -0.2) is 25.1 Å². The van der Waals surface area contributed by atoms with Crippen molar-refractivity contribution in [2.24, 2.45) is 11.7 Å². The zero-order valence-corrected chi connectivity index (χ0v) is 11.8. The lowest BCUT2D eigenvalue weighted by molar-refractivity contribution is 0.357. The van der Waals surface area contributed by atoms with Crippen molar-refractivity contribution in [3.8, 4) is 0 Å². The van der Waals surface area contributed by atoms with Crippen molar-refractivity contribution in [2.45, 2.75) is 46.2 Å². The molecule has 0 amide bonds. The lowest BCUT2D eigenvalue weighted by Gasteiger charge is -2.13. The first-order chi connectivity index (χ1) is 8.84. The minimum atomic E-state index is -0.502. The minimum absolute atomic E-state index is 0.435. The Morgan fingerprint density at radius 2 is 2.16 bits per heavy atom. The molecule has 0 aromatic carbocycles. The van der Waals surface area contributed by atoms with Crippen molar-refractivity contribution < 1.29 is 4.52 Å². The van der Waals surface area contributed by atoms with Gasteiger partial charge in [0.25, 0.3) is 0 Å². The molecule has 2 rings (SSSR count). The van der Waals surface area contributed by atoms with Gasteiger partial charge in [0.2, 0.25) is 5.89 Å². The number of rotatable bonds is 5. The third kappa shape index (κ3) is 3.60. The van der Waals surface area contributed by atoms with Crippen LogP contribution < -0.4 is 5.73 Å². The molecule has 0 bridgehead atoms. The lowest BCUT2D eigenvalue weighted by Crippen LogP contribution is -2.29. The molecule has 0 unspecified atom stereocenters. The average Bonchev–Trinajstić information content (AvgIpc) is 2.86. The smallest absolute Gasteiger partial charge is 0.226 e. The van der Waals surface area contributed by atoms with Gasteiger partial charge in [0.1, 0.15) is 12.2 Å². The quantitative estimate of drug-likeness (QED) is 0.868. The molecule has 104 valence electrons. The lowest BCUT2D eigenvalue weighted by atomic mass is 10.0. The number of nitrogens with two attached hydrogens (primary N) is 1. The Morgan fingerprint density at radius 3 is 2.74 bits per heavy atom. The zero-order chi connectivity index (χ0) is 14.0. The largest absolute Gasteiger partial charge is 0.339 e. The maximum atomic E-state index is 5.96. The fourth-order valence-electron chi connectivity index (χ4n) is 1.60. The first kappa shape index (κ1) is 13.7. The molecular weight excluding hydrogens is 244 g/mol. The van der Waals surface area contributed by atoms with Gasteiger partial charge in [-0.15, -0.1) is 5.10 Å². The van der Waals surface area contributed by atoms with Crippen LogP contribution in [0.25, 0.3) is 0 Å². The highest BCUT2D eigenvalue weighted by Crippen LogP contribution is 2.13. The second kappa shape index (κ2) is 5.08. The molecule has 0 saturated heterocycles. The number of aromatic nitrogens is 5. The van der Waals surface area contributed by atoms with Gasteiger partial charge in [0.05, 0.1) is 11.7 Å². The third-order valence-corrected chi connectivity index (χ3v) is 2.60. The normalized spacial score (nSPS) is 12.3. The van der Waals surface area contributed by atoms with E-state index in [1.807, 2.05) is 13.8 Å². The maximum Gasteiger partial charge on any atom is 0.226 e. The fourth-order valence-corrected chi connectivity index (χ4v) is 1.60. The van der Waals surface area contributed by atoms with Gasteiger partial charge < -0.3 is 10.3 Å². The van der Waals surface area contributed by atoms with Crippen LogP contribution in [-0.2, 0) is 18.5 Å². The predicted molar refractivity (Wildman–Crippen MR) is 69.2 cm³/mol. The molecule has 2 aromatic rings. The summed E-state index contributed by atoms with van der Waals surface area (Å²) in [6.45, 7) is 8.42. The molecule has 0 aliphatic carbocycles. The van der Waals surface area contributed by atoms with Crippen LogP contribution in [0.1, 0.15) is 45.1 Å². The van der Waals surface area contributed by atoms with Crippen LogP contribution in [0.5, 0.6) is 0 Å². The van der Waals surface area contributed by atoms with Gasteiger partial charge >= 0.3 is 0 Å². The molecule has 2 N–H and O–H groups in total. The van der Waals surface area contributed by atoms with Gasteiger partial charge in [-0.3, -0.25) is 0 Å². The van der Waals surface area contributed by atoms with Crippen LogP contribution in [0.3, 0.4) is 0 Å². The summed E-state index contributed by atoms with van der Waals surface area (Å²) in [6, 6.07) is 0. The summed E-state index contributed by atoms with van der Waals surface area (Å²) >= 11 is 0. The molecule has 2 aromatic heterocycles. The van der Waals surface area contributed by atoms with E-state index in [0.29, 0.717) is 24.2 Å². The third-order valence-electron chi connectivity index (χ3n) is 2.60. The van der Waals surface area contributed by atoms with E-state index in [0.717, 1.165) is 12.1 Å². The highest BCUT2D eigenvalue weighted by atomic mass is 16.5. The standard InChI is InChI=1S/C12H20N6O/c1-8(2)5-11-14-10(16-19-11)7-18-6-9(15-17-18)12(3,4)13/h6,8H,5,7,13H2,1-4H3. The molecule has 7 nitrogen and oxygen atoms in total. The summed E-state index contributed by atoms with van der Waals surface area (Å²) in [6.07, 6.45) is 2.59. The molecule has 7 heteroatoms. The summed E-state index contributed by atoms with van der Waals surface area (Å²) in [5, 5.41) is 12.0. The van der Waals surface area contributed by atoms with E-state index in [9.17, 15) is 0 Å². The van der Waals surface area contributed by atoms with E-state index < -0.39 is 5.54 Å². The van der Waals surface area contributed by atoms with Crippen LogP contribution >= 0.6 is 0 Å². The second-order valence-electron chi connectivity index (χ2n) is 5.73. The zero-order valence-electron chi connectivity index (χ0n) is 11.8. The highest BCUT2D eigenvalue weighted by molar-refractivity contribution is 5.06. The topological polar surface area (TPSA) is 95.7 Å². The molecule has 0 aliphatic heterocycles. The van der Waals surface area contributed by atoms with E-state index in [2.05, 4.69) is 34.3 Å². The van der Waals surface area contributed by atoms with E-state index in [4.69, 9.17) is 10.3 Å². The average molecular weight is 264 g/mol. The first-order valence-electron chi connectivity index (χ1n) is 6.35. The van der Waals surface area contributed by atoms with E-state index >= 15 is 0 Å². The Balaban J connectivity index is 2.05. The van der Waals surface area contributed by atoms with Crippen molar-refractivity contribution in [1.29, 1.82) is 0 Å². The Kier molecular flexibility index (Phi) is 3.66. The summed E-state index contributed by atoms with van der Waals surface area (Å²) in [5.41, 5.74) is 6.19. The predicted octanol–water partition coefficient (Wildman–Crippen LogP) is 1.10. The molecule has 0 atom stereocenters. The molecular formula is C12H20N6O. The minimum Gasteiger partial charge on any atom is -0.339 e. The Hall–Kier alpha value is -1.76. The number of hydrogen-bond donors (Lipinski definition) is 1. The molecule has 0 aliphatic rings. The van der Waals surface area contributed by atoms with Crippen LogP contribution in [0.15, 0.2) is 10.7 Å². The SMILES string of the molecule is CC(C)Cc1nc(Cn2cc(C(C)(C)N)nn2)no1. The number of hydrogen-bond acceptors (Lipinski definition) is 6. The summed E-state index contributed by atoms with van der Waals surface area (Å²) < 4.78 is 6.84. The van der Waals surface area contributed by atoms with Gasteiger partial charge in [-0.25, -0.2) is 4.68 Å². The Bertz CT molecular complexity index is 536. The summed E-state index contributed by atoms with van der Waals surface area (Å²) in [4.78, 5) is 4.32. The van der Waals surface area contributed by atoms with Crippen molar-refractivity contribution in [2.75, 3.05) is 0 Å². The van der Waals surface area contributed by atoms with E-state index in [-0.39, 0.29) is 0 Å². The van der Waals surface area contributed by atoms with Crippen molar-refractivity contribution in [3.63, 3.8) is 0 Å². The molecule has 0 saturated carbocycles. The fraction of sp³-hybridized carbons (Fsp3) is 0.667. The van der Waals surface area contributed by atoms with Gasteiger partial charge in [-0.1, -0.05) is 24.2 Å². The monoisotopic (exact) mass is 264 g/mol. The second-order valence-corrected chi connectivity index (χ2v) is 5.73. The molecule has 0 radical (unpaired) electrons. The van der Waals surface area contributed by atoms with Crippen molar-refractivity contribution >= 4 is 0 Å². The van der Waals surface area contributed by atoms with E-state index in [1.165, 1.54) is 0 Å². The van der Waals surface area contributed by atoms with Crippen LogP contribution in [0.2, 0.25) is 0 Å². The molecule has 19 heavy (non-hydrogen) atoms. The van der Waals surface area contributed by atoms with Crippen LogP contribution in [0.4, 0.5) is 0 Å². The Morgan fingerprint density at radius 1 is 1.42 bits per heavy atom. The molecule has 2 heterocycles.